The highest BCUT2D eigenvalue weighted by molar-refractivity contribution is 5.79. The number of carbonyl (C=O) groups is 1. The van der Waals surface area contributed by atoms with Crippen LogP contribution in [0.5, 0.6) is 5.75 Å². The molecular formula is C25H29NO2. The normalized spacial score (nSPS) is 24.4. The molecular weight excluding hydrogens is 346 g/mol. The third-order valence-corrected chi connectivity index (χ3v) is 6.12. The number of hydrogen-bond donors (Lipinski definition) is 1. The van der Waals surface area contributed by atoms with Crippen LogP contribution >= 0.6 is 0 Å². The van der Waals surface area contributed by atoms with Crippen LogP contribution in [0.1, 0.15) is 63.6 Å². The second kappa shape index (κ2) is 6.23. The lowest BCUT2D eigenvalue weighted by molar-refractivity contribution is -0.124. The van der Waals surface area contributed by atoms with Crippen molar-refractivity contribution in [2.75, 3.05) is 0 Å². The Bertz CT molecular complexity index is 951. The van der Waals surface area contributed by atoms with Crippen LogP contribution in [0.25, 0.3) is 6.08 Å². The van der Waals surface area contributed by atoms with Crippen LogP contribution in [0.3, 0.4) is 0 Å². The minimum absolute atomic E-state index is 0.0503. The van der Waals surface area contributed by atoms with Gasteiger partial charge in [-0.3, -0.25) is 4.79 Å². The van der Waals surface area contributed by atoms with Crippen molar-refractivity contribution in [2.24, 2.45) is 0 Å². The zero-order valence-corrected chi connectivity index (χ0v) is 17.4. The first-order valence-electron chi connectivity index (χ1n) is 10.0. The van der Waals surface area contributed by atoms with E-state index >= 15 is 0 Å². The van der Waals surface area contributed by atoms with Gasteiger partial charge in [-0.1, -0.05) is 62.4 Å². The topological polar surface area (TPSA) is 38.3 Å². The van der Waals surface area contributed by atoms with Gasteiger partial charge >= 0.3 is 0 Å². The predicted molar refractivity (Wildman–Crippen MR) is 114 cm³/mol. The van der Waals surface area contributed by atoms with E-state index in [0.717, 1.165) is 11.3 Å². The van der Waals surface area contributed by atoms with Gasteiger partial charge in [0.2, 0.25) is 5.91 Å². The van der Waals surface area contributed by atoms with Crippen molar-refractivity contribution in [3.05, 3.63) is 71.3 Å². The van der Waals surface area contributed by atoms with Crippen LogP contribution < -0.4 is 10.1 Å². The molecule has 2 aromatic carbocycles. The van der Waals surface area contributed by atoms with Crippen LogP contribution in [0.4, 0.5) is 0 Å². The first-order valence-corrected chi connectivity index (χ1v) is 10.0. The molecule has 1 aliphatic heterocycles. The lowest BCUT2D eigenvalue weighted by atomic mass is 9.69. The molecule has 0 radical (unpaired) electrons. The van der Waals surface area contributed by atoms with Gasteiger partial charge in [0, 0.05) is 28.9 Å². The Morgan fingerprint density at radius 1 is 1.07 bits per heavy atom. The maximum atomic E-state index is 12.9. The smallest absolute Gasteiger partial charge is 0.221 e. The van der Waals surface area contributed by atoms with E-state index in [2.05, 4.69) is 61.6 Å². The molecule has 0 saturated heterocycles. The average molecular weight is 376 g/mol. The molecule has 1 aliphatic carbocycles. The molecule has 28 heavy (non-hydrogen) atoms. The molecule has 0 saturated carbocycles. The molecule has 0 aromatic heterocycles. The number of carbonyl (C=O) groups excluding carboxylic acids is 1. The summed E-state index contributed by atoms with van der Waals surface area (Å²) in [5.41, 5.74) is 2.43. The Hall–Kier alpha value is -2.55. The number of fused-ring (bicyclic) bond motifs is 2. The van der Waals surface area contributed by atoms with Crippen LogP contribution in [0.2, 0.25) is 0 Å². The van der Waals surface area contributed by atoms with Crippen LogP contribution in [0, 0.1) is 0 Å². The summed E-state index contributed by atoms with van der Waals surface area (Å²) in [7, 11) is 0. The summed E-state index contributed by atoms with van der Waals surface area (Å²) in [5.74, 6) is 0.887. The Kier molecular flexibility index (Phi) is 4.18. The molecule has 2 aliphatic rings. The quantitative estimate of drug-likeness (QED) is 0.782. The van der Waals surface area contributed by atoms with Gasteiger partial charge in [0.05, 0.1) is 0 Å². The Labute approximate surface area is 167 Å². The summed E-state index contributed by atoms with van der Waals surface area (Å²) >= 11 is 0. The zero-order valence-electron chi connectivity index (χ0n) is 17.4. The van der Waals surface area contributed by atoms with Gasteiger partial charge in [0.25, 0.3) is 0 Å². The minimum Gasteiger partial charge on any atom is -0.481 e. The Morgan fingerprint density at radius 2 is 1.75 bits per heavy atom. The van der Waals surface area contributed by atoms with E-state index in [9.17, 15) is 4.79 Å². The highest BCUT2D eigenvalue weighted by Crippen LogP contribution is 2.58. The van der Waals surface area contributed by atoms with Crippen molar-refractivity contribution in [2.45, 2.75) is 63.5 Å². The number of para-hydroxylation sites is 1. The third-order valence-electron chi connectivity index (χ3n) is 6.12. The highest BCUT2D eigenvalue weighted by Gasteiger charge is 2.60. The fourth-order valence-corrected chi connectivity index (χ4v) is 4.83. The lowest BCUT2D eigenvalue weighted by Gasteiger charge is -2.45. The minimum atomic E-state index is -0.597. The summed E-state index contributed by atoms with van der Waals surface area (Å²) in [6.45, 7) is 10.5. The zero-order chi connectivity index (χ0) is 20.2. The van der Waals surface area contributed by atoms with Gasteiger partial charge in [0.15, 0.2) is 0 Å². The van der Waals surface area contributed by atoms with Gasteiger partial charge in [-0.05, 0) is 44.0 Å². The molecule has 2 aromatic rings. The maximum absolute atomic E-state index is 12.9. The van der Waals surface area contributed by atoms with Crippen molar-refractivity contribution in [3.63, 3.8) is 0 Å². The molecule has 1 N–H and O–H groups in total. The third kappa shape index (κ3) is 2.85. The monoisotopic (exact) mass is 375 g/mol. The molecule has 0 fully saturated rings. The average Bonchev–Trinajstić information content (AvgIpc) is 2.79. The Morgan fingerprint density at radius 3 is 2.50 bits per heavy atom. The van der Waals surface area contributed by atoms with E-state index < -0.39 is 5.60 Å². The molecule has 1 spiro atoms. The van der Waals surface area contributed by atoms with Gasteiger partial charge in [-0.2, -0.15) is 0 Å². The summed E-state index contributed by atoms with van der Waals surface area (Å²) < 4.78 is 6.75. The second-order valence-corrected chi connectivity index (χ2v) is 9.53. The van der Waals surface area contributed by atoms with Crippen LogP contribution in [-0.2, 0) is 10.2 Å². The first-order chi connectivity index (χ1) is 13.1. The fraction of sp³-hybridized carbons (Fsp3) is 0.400. The maximum Gasteiger partial charge on any atom is 0.221 e. The molecule has 1 amide bonds. The fourth-order valence-electron chi connectivity index (χ4n) is 4.83. The van der Waals surface area contributed by atoms with Crippen molar-refractivity contribution in [1.82, 2.24) is 5.32 Å². The number of nitrogens with one attached hydrogen (secondary N) is 1. The van der Waals surface area contributed by atoms with E-state index in [1.807, 2.05) is 39.0 Å². The standard InChI is InChI=1S/C25H29NO2/c1-23(2,3)26-22(27)16-20-18-11-7-8-12-19(18)24(4,5)25(20)15-14-17-10-6-9-13-21(17)28-25/h6-15,20H,16H2,1-5H3,(H,26,27). The van der Waals surface area contributed by atoms with Crippen molar-refractivity contribution < 1.29 is 9.53 Å². The molecule has 4 rings (SSSR count). The first kappa shape index (κ1) is 18.8. The van der Waals surface area contributed by atoms with Crippen LogP contribution in [0.15, 0.2) is 54.6 Å². The summed E-state index contributed by atoms with van der Waals surface area (Å²) in [6.07, 6.45) is 4.73. The molecule has 2 atom stereocenters. The van der Waals surface area contributed by atoms with E-state index in [1.54, 1.807) is 0 Å². The molecule has 2 unspecified atom stereocenters. The summed E-state index contributed by atoms with van der Waals surface area (Å²) in [5, 5.41) is 3.13. The van der Waals surface area contributed by atoms with E-state index in [-0.39, 0.29) is 22.8 Å². The van der Waals surface area contributed by atoms with Gasteiger partial charge in [-0.25, -0.2) is 0 Å². The number of hydrogen-bond acceptors (Lipinski definition) is 2. The number of rotatable bonds is 2. The molecule has 1 heterocycles. The molecule has 146 valence electrons. The van der Waals surface area contributed by atoms with Crippen LogP contribution in [-0.4, -0.2) is 17.0 Å². The molecule has 3 heteroatoms. The van der Waals surface area contributed by atoms with Gasteiger partial charge < -0.3 is 10.1 Å². The van der Waals surface area contributed by atoms with E-state index in [4.69, 9.17) is 4.74 Å². The number of benzene rings is 2. The number of ether oxygens (including phenoxy) is 1. The summed E-state index contributed by atoms with van der Waals surface area (Å²) in [4.78, 5) is 12.9. The SMILES string of the molecule is CC(C)(C)NC(=O)CC1c2ccccc2C(C)(C)C12C=Cc1ccccc1O2. The summed E-state index contributed by atoms with van der Waals surface area (Å²) in [6, 6.07) is 16.6. The Balaban J connectivity index is 1.81. The van der Waals surface area contributed by atoms with Crippen molar-refractivity contribution in [1.29, 1.82) is 0 Å². The van der Waals surface area contributed by atoms with Gasteiger partial charge in [0.1, 0.15) is 11.4 Å². The van der Waals surface area contributed by atoms with Crippen molar-refractivity contribution in [3.8, 4) is 5.75 Å². The molecule has 3 nitrogen and oxygen atoms in total. The van der Waals surface area contributed by atoms with Crippen molar-refractivity contribution >= 4 is 12.0 Å². The molecule has 0 bridgehead atoms. The van der Waals surface area contributed by atoms with E-state index in [1.165, 1.54) is 11.1 Å². The largest absolute Gasteiger partial charge is 0.481 e. The lowest BCUT2D eigenvalue weighted by Crippen LogP contribution is -2.53. The van der Waals surface area contributed by atoms with E-state index in [0.29, 0.717) is 6.42 Å². The van der Waals surface area contributed by atoms with Gasteiger partial charge in [-0.15, -0.1) is 0 Å². The highest BCUT2D eigenvalue weighted by atomic mass is 16.5. The second-order valence-electron chi connectivity index (χ2n) is 9.53. The number of amides is 1. The predicted octanol–water partition coefficient (Wildman–Crippen LogP) is 5.21.